The SMILES string of the molecule is COc1cc(-c2n[nH]c(CCN)n2)c(OC)cc1C. The number of nitrogens with one attached hydrogen (secondary N) is 1. The third-order valence-corrected chi connectivity index (χ3v) is 2.87. The van der Waals surface area contributed by atoms with Gasteiger partial charge in [0.25, 0.3) is 0 Å². The maximum Gasteiger partial charge on any atom is 0.185 e. The van der Waals surface area contributed by atoms with Gasteiger partial charge in [-0.2, -0.15) is 5.10 Å². The van der Waals surface area contributed by atoms with Gasteiger partial charge in [0.05, 0.1) is 19.8 Å². The van der Waals surface area contributed by atoms with E-state index in [1.54, 1.807) is 14.2 Å². The topological polar surface area (TPSA) is 86.0 Å². The lowest BCUT2D eigenvalue weighted by Crippen LogP contribution is -2.03. The van der Waals surface area contributed by atoms with Crippen molar-refractivity contribution in [3.63, 3.8) is 0 Å². The molecule has 0 aliphatic carbocycles. The molecule has 2 rings (SSSR count). The molecule has 0 atom stereocenters. The van der Waals surface area contributed by atoms with E-state index in [-0.39, 0.29) is 0 Å². The first kappa shape index (κ1) is 13.4. The largest absolute Gasteiger partial charge is 0.496 e. The molecule has 19 heavy (non-hydrogen) atoms. The molecular formula is C13H18N4O2. The lowest BCUT2D eigenvalue weighted by Gasteiger charge is -2.10. The number of benzene rings is 1. The summed E-state index contributed by atoms with van der Waals surface area (Å²) in [5, 5.41) is 7.06. The molecule has 0 aliphatic rings. The molecule has 6 nitrogen and oxygen atoms in total. The molecule has 0 aliphatic heterocycles. The molecule has 1 aromatic heterocycles. The first-order valence-corrected chi connectivity index (χ1v) is 6.04. The molecule has 0 spiro atoms. The summed E-state index contributed by atoms with van der Waals surface area (Å²) in [6.45, 7) is 2.49. The van der Waals surface area contributed by atoms with E-state index in [4.69, 9.17) is 15.2 Å². The highest BCUT2D eigenvalue weighted by Gasteiger charge is 2.14. The van der Waals surface area contributed by atoms with E-state index in [2.05, 4.69) is 15.2 Å². The molecule has 0 saturated carbocycles. The van der Waals surface area contributed by atoms with Gasteiger partial charge in [-0.25, -0.2) is 4.98 Å². The van der Waals surface area contributed by atoms with Gasteiger partial charge in [-0.05, 0) is 31.2 Å². The number of methoxy groups -OCH3 is 2. The van der Waals surface area contributed by atoms with E-state index < -0.39 is 0 Å². The molecule has 1 heterocycles. The monoisotopic (exact) mass is 262 g/mol. The van der Waals surface area contributed by atoms with Crippen molar-refractivity contribution in [1.82, 2.24) is 15.2 Å². The molecule has 1 aromatic carbocycles. The van der Waals surface area contributed by atoms with E-state index in [9.17, 15) is 0 Å². The molecule has 0 fully saturated rings. The number of ether oxygens (including phenoxy) is 2. The molecule has 102 valence electrons. The van der Waals surface area contributed by atoms with Gasteiger partial charge in [0.2, 0.25) is 0 Å². The number of nitrogens with zero attached hydrogens (tertiary/aromatic N) is 2. The van der Waals surface area contributed by atoms with Crippen molar-refractivity contribution in [3.8, 4) is 22.9 Å². The lowest BCUT2D eigenvalue weighted by molar-refractivity contribution is 0.401. The van der Waals surface area contributed by atoms with Crippen LogP contribution in [0.2, 0.25) is 0 Å². The summed E-state index contributed by atoms with van der Waals surface area (Å²) in [5.74, 6) is 2.84. The average Bonchev–Trinajstić information content (AvgIpc) is 2.87. The van der Waals surface area contributed by atoms with Crippen LogP contribution in [0.3, 0.4) is 0 Å². The number of rotatable bonds is 5. The fraction of sp³-hybridized carbons (Fsp3) is 0.385. The van der Waals surface area contributed by atoms with Crippen LogP contribution in [-0.2, 0) is 6.42 Å². The van der Waals surface area contributed by atoms with Gasteiger partial charge in [-0.15, -0.1) is 0 Å². The number of aryl methyl sites for hydroxylation is 1. The van der Waals surface area contributed by atoms with Crippen LogP contribution in [0.25, 0.3) is 11.4 Å². The van der Waals surface area contributed by atoms with Crippen molar-refractivity contribution in [2.75, 3.05) is 20.8 Å². The summed E-state index contributed by atoms with van der Waals surface area (Å²) in [7, 11) is 3.26. The smallest absolute Gasteiger partial charge is 0.185 e. The highest BCUT2D eigenvalue weighted by atomic mass is 16.5. The van der Waals surface area contributed by atoms with Crippen LogP contribution < -0.4 is 15.2 Å². The Hall–Kier alpha value is -2.08. The van der Waals surface area contributed by atoms with Crippen LogP contribution in [0.4, 0.5) is 0 Å². The van der Waals surface area contributed by atoms with Crippen LogP contribution >= 0.6 is 0 Å². The van der Waals surface area contributed by atoms with Gasteiger partial charge in [-0.3, -0.25) is 5.10 Å². The van der Waals surface area contributed by atoms with Crippen molar-refractivity contribution >= 4 is 0 Å². The Bertz CT molecular complexity index is 566. The van der Waals surface area contributed by atoms with E-state index >= 15 is 0 Å². The molecule has 0 unspecified atom stereocenters. The quantitative estimate of drug-likeness (QED) is 0.848. The summed E-state index contributed by atoms with van der Waals surface area (Å²) in [6.07, 6.45) is 0.665. The average molecular weight is 262 g/mol. The third kappa shape index (κ3) is 2.68. The van der Waals surface area contributed by atoms with E-state index in [0.717, 1.165) is 28.5 Å². The zero-order valence-corrected chi connectivity index (χ0v) is 11.4. The Morgan fingerprint density at radius 3 is 2.58 bits per heavy atom. The number of aromatic amines is 1. The molecule has 0 bridgehead atoms. The summed E-state index contributed by atoms with van der Waals surface area (Å²) in [6, 6.07) is 3.79. The number of aromatic nitrogens is 3. The molecule has 0 amide bonds. The minimum absolute atomic E-state index is 0.531. The predicted molar refractivity (Wildman–Crippen MR) is 72.4 cm³/mol. The van der Waals surface area contributed by atoms with Gasteiger partial charge < -0.3 is 15.2 Å². The summed E-state index contributed by atoms with van der Waals surface area (Å²) >= 11 is 0. The Morgan fingerprint density at radius 2 is 1.95 bits per heavy atom. The predicted octanol–water partition coefficient (Wildman–Crippen LogP) is 1.30. The van der Waals surface area contributed by atoms with E-state index in [1.807, 2.05) is 19.1 Å². The second-order valence-electron chi connectivity index (χ2n) is 4.17. The Labute approximate surface area is 111 Å². The van der Waals surface area contributed by atoms with Crippen LogP contribution in [0.1, 0.15) is 11.4 Å². The van der Waals surface area contributed by atoms with Crippen molar-refractivity contribution in [2.45, 2.75) is 13.3 Å². The number of hydrogen-bond donors (Lipinski definition) is 2. The molecule has 2 aromatic rings. The zero-order valence-electron chi connectivity index (χ0n) is 11.4. The van der Waals surface area contributed by atoms with Crippen molar-refractivity contribution < 1.29 is 9.47 Å². The van der Waals surface area contributed by atoms with Crippen LogP contribution in [0, 0.1) is 6.92 Å². The number of nitrogens with two attached hydrogens (primary N) is 1. The third-order valence-electron chi connectivity index (χ3n) is 2.87. The Balaban J connectivity index is 2.46. The molecular weight excluding hydrogens is 244 g/mol. The zero-order chi connectivity index (χ0) is 13.8. The summed E-state index contributed by atoms with van der Waals surface area (Å²) in [5.41, 5.74) is 7.29. The van der Waals surface area contributed by atoms with Gasteiger partial charge in [0, 0.05) is 6.42 Å². The second-order valence-corrected chi connectivity index (χ2v) is 4.17. The van der Waals surface area contributed by atoms with Crippen molar-refractivity contribution in [1.29, 1.82) is 0 Å². The molecule has 3 N–H and O–H groups in total. The van der Waals surface area contributed by atoms with Crippen LogP contribution in [0.15, 0.2) is 12.1 Å². The minimum atomic E-state index is 0.531. The van der Waals surface area contributed by atoms with Crippen molar-refractivity contribution in [3.05, 3.63) is 23.5 Å². The number of H-pyrrole nitrogens is 1. The van der Waals surface area contributed by atoms with Gasteiger partial charge in [0.1, 0.15) is 17.3 Å². The molecule has 0 saturated heterocycles. The minimum Gasteiger partial charge on any atom is -0.496 e. The molecule has 6 heteroatoms. The lowest BCUT2D eigenvalue weighted by atomic mass is 10.1. The fourth-order valence-corrected chi connectivity index (χ4v) is 1.89. The van der Waals surface area contributed by atoms with E-state index in [1.165, 1.54) is 0 Å². The van der Waals surface area contributed by atoms with Crippen LogP contribution in [0.5, 0.6) is 11.5 Å². The highest BCUT2D eigenvalue weighted by molar-refractivity contribution is 5.67. The second kappa shape index (κ2) is 5.71. The van der Waals surface area contributed by atoms with Gasteiger partial charge in [-0.1, -0.05) is 0 Å². The van der Waals surface area contributed by atoms with Crippen LogP contribution in [-0.4, -0.2) is 35.9 Å². The first-order chi connectivity index (χ1) is 9.19. The maximum absolute atomic E-state index is 5.50. The first-order valence-electron chi connectivity index (χ1n) is 6.04. The van der Waals surface area contributed by atoms with Gasteiger partial charge >= 0.3 is 0 Å². The highest BCUT2D eigenvalue weighted by Crippen LogP contribution is 2.34. The summed E-state index contributed by atoms with van der Waals surface area (Å²) in [4.78, 5) is 4.40. The molecule has 0 radical (unpaired) electrons. The Morgan fingerprint density at radius 1 is 1.21 bits per heavy atom. The Kier molecular flexibility index (Phi) is 4.01. The fourth-order valence-electron chi connectivity index (χ4n) is 1.89. The van der Waals surface area contributed by atoms with Crippen molar-refractivity contribution in [2.24, 2.45) is 5.73 Å². The standard InChI is InChI=1S/C13H18N4O2/c1-8-6-11(19-3)9(7-10(8)18-2)13-15-12(4-5-14)16-17-13/h6-7H,4-5,14H2,1-3H3,(H,15,16,17). The van der Waals surface area contributed by atoms with E-state index in [0.29, 0.717) is 18.8 Å². The van der Waals surface area contributed by atoms with Gasteiger partial charge in [0.15, 0.2) is 5.82 Å². The normalized spacial score (nSPS) is 10.5. The maximum atomic E-state index is 5.50. The summed E-state index contributed by atoms with van der Waals surface area (Å²) < 4.78 is 10.7. The number of hydrogen-bond acceptors (Lipinski definition) is 5.